The highest BCUT2D eigenvalue weighted by molar-refractivity contribution is 6.06. The van der Waals surface area contributed by atoms with Crippen LogP contribution in [0.1, 0.15) is 93.9 Å². The molecule has 0 bridgehead atoms. The number of nitrogens with zero attached hydrogens (tertiary/aromatic N) is 4. The summed E-state index contributed by atoms with van der Waals surface area (Å²) in [5.74, 6) is -0.734. The van der Waals surface area contributed by atoms with Gasteiger partial charge >= 0.3 is 6.03 Å². The van der Waals surface area contributed by atoms with E-state index in [9.17, 15) is 23.2 Å². The quantitative estimate of drug-likeness (QED) is 0.152. The van der Waals surface area contributed by atoms with Crippen molar-refractivity contribution in [3.8, 4) is 22.3 Å². The average Bonchev–Trinajstić information content (AvgIpc) is 3.33. The molecule has 0 aliphatic carbocycles. The minimum atomic E-state index is -0.333. The van der Waals surface area contributed by atoms with Crippen molar-refractivity contribution in [3.63, 3.8) is 0 Å². The summed E-state index contributed by atoms with van der Waals surface area (Å²) in [7, 11) is 0. The van der Waals surface area contributed by atoms with Gasteiger partial charge in [0.2, 0.25) is 0 Å². The van der Waals surface area contributed by atoms with Gasteiger partial charge in [-0.15, -0.1) is 0 Å². The summed E-state index contributed by atoms with van der Waals surface area (Å²) >= 11 is 0. The standard InChI is InChI=1S/C30H32FN3O3.C25H25FN2O/c1-4-27(35)25-18-23(22-7-5-6-8-24(22)31)29-20(3)28(19(2)17-26(29)32-25)21-9-11-33(12-10-21)30(36)34-13-15-37-16-14-34;1-4-23(29)21-14-19(18-7-5-6-8-20(18)26)25-16(3)24(15(2)13-22(25)28-21)17-9-11-27-12-10-17/h5-9,17-18H,4,10-16H2,1-3H3;5-9,13-14,27H,4,10-12H2,1-3H3. The van der Waals surface area contributed by atoms with E-state index in [0.29, 0.717) is 85.8 Å². The molecule has 3 aliphatic heterocycles. The third-order valence-electron chi connectivity index (χ3n) is 13.1. The monoisotopic (exact) mass is 889 g/mol. The Hall–Kier alpha value is -6.43. The molecule has 2 amide bonds. The first kappa shape index (κ1) is 46.1. The molecule has 1 fully saturated rings. The van der Waals surface area contributed by atoms with Gasteiger partial charge in [-0.2, -0.15) is 0 Å². The number of morpholine rings is 1. The van der Waals surface area contributed by atoms with Gasteiger partial charge in [-0.1, -0.05) is 62.4 Å². The Morgan fingerprint density at radius 1 is 0.636 bits per heavy atom. The maximum Gasteiger partial charge on any atom is 0.320 e. The van der Waals surface area contributed by atoms with Crippen molar-refractivity contribution in [1.82, 2.24) is 25.1 Å². The minimum Gasteiger partial charge on any atom is -0.378 e. The molecule has 2 aromatic heterocycles. The lowest BCUT2D eigenvalue weighted by molar-refractivity contribution is 0.0441. The lowest BCUT2D eigenvalue weighted by Gasteiger charge is -2.34. The molecule has 0 atom stereocenters. The number of benzene rings is 4. The van der Waals surface area contributed by atoms with Crippen LogP contribution < -0.4 is 5.32 Å². The topological polar surface area (TPSA) is 105 Å². The van der Waals surface area contributed by atoms with Gasteiger partial charge in [0.05, 0.1) is 24.2 Å². The number of pyridine rings is 2. The number of carbonyl (C=O) groups excluding carboxylic acids is 3. The summed E-state index contributed by atoms with van der Waals surface area (Å²) in [6.45, 7) is 17.3. The van der Waals surface area contributed by atoms with Crippen LogP contribution in [0, 0.1) is 39.3 Å². The van der Waals surface area contributed by atoms with Crippen LogP contribution in [-0.4, -0.2) is 89.8 Å². The summed E-state index contributed by atoms with van der Waals surface area (Å²) < 4.78 is 35.1. The third kappa shape index (κ3) is 9.19. The Kier molecular flexibility index (Phi) is 14.0. The van der Waals surface area contributed by atoms with Crippen LogP contribution in [0.5, 0.6) is 0 Å². The summed E-state index contributed by atoms with van der Waals surface area (Å²) in [6, 6.07) is 21.0. The summed E-state index contributed by atoms with van der Waals surface area (Å²) in [4.78, 5) is 51.1. The number of aromatic nitrogens is 2. The van der Waals surface area contributed by atoms with Gasteiger partial charge in [0.25, 0.3) is 0 Å². The smallest absolute Gasteiger partial charge is 0.320 e. The SMILES string of the molecule is CCC(=O)c1cc(-c2ccccc2F)c2c(C)c(C3=CCN(C(=O)N4CCOCC4)CC3)c(C)cc2n1.CCC(=O)c1cc(-c2ccccc2F)c2c(C)c(C3=CCNCC3)c(C)cc2n1. The fourth-order valence-corrected chi connectivity index (χ4v) is 9.82. The molecule has 0 unspecified atom stereocenters. The van der Waals surface area contributed by atoms with Crippen molar-refractivity contribution < 1.29 is 27.9 Å². The predicted octanol–water partition coefficient (Wildman–Crippen LogP) is 11.4. The fourth-order valence-electron chi connectivity index (χ4n) is 9.82. The molecule has 1 saturated heterocycles. The van der Waals surface area contributed by atoms with Gasteiger partial charge in [-0.05, 0) is 139 Å². The zero-order chi connectivity index (χ0) is 46.6. The zero-order valence-electron chi connectivity index (χ0n) is 38.7. The average molecular weight is 890 g/mol. The van der Waals surface area contributed by atoms with Crippen LogP contribution in [0.3, 0.4) is 0 Å². The van der Waals surface area contributed by atoms with Crippen LogP contribution in [-0.2, 0) is 4.74 Å². The Morgan fingerprint density at radius 2 is 1.14 bits per heavy atom. The maximum atomic E-state index is 15.0. The van der Waals surface area contributed by atoms with E-state index in [-0.39, 0.29) is 29.2 Å². The molecule has 0 spiro atoms. The number of carbonyl (C=O) groups is 3. The molecule has 0 saturated carbocycles. The fraction of sp³-hybridized carbons (Fsp3) is 0.327. The summed E-state index contributed by atoms with van der Waals surface area (Å²) in [5, 5.41) is 5.13. The molecule has 0 radical (unpaired) electrons. The normalized spacial score (nSPS) is 15.3. The summed E-state index contributed by atoms with van der Waals surface area (Å²) in [5.41, 5.74) is 13.7. The van der Waals surface area contributed by atoms with E-state index in [1.807, 2.05) is 48.8 Å². The Bertz CT molecular complexity index is 2950. The van der Waals surface area contributed by atoms with Crippen LogP contribution in [0.2, 0.25) is 0 Å². The number of nitrogens with one attached hydrogen (secondary N) is 1. The Balaban J connectivity index is 0.000000185. The minimum absolute atomic E-state index is 0.0371. The van der Waals surface area contributed by atoms with Crippen molar-refractivity contribution in [2.45, 2.75) is 67.2 Å². The van der Waals surface area contributed by atoms with Gasteiger partial charge in [-0.25, -0.2) is 23.5 Å². The highest BCUT2D eigenvalue weighted by Gasteiger charge is 2.27. The van der Waals surface area contributed by atoms with Crippen LogP contribution >= 0.6 is 0 Å². The number of amides is 2. The van der Waals surface area contributed by atoms with Crippen molar-refractivity contribution in [2.24, 2.45) is 0 Å². The van der Waals surface area contributed by atoms with E-state index in [2.05, 4.69) is 36.3 Å². The second-order valence-corrected chi connectivity index (χ2v) is 17.3. The first-order chi connectivity index (χ1) is 31.9. The number of Topliss-reactive ketones (excluding diaryl/α,β-unsaturated/α-hetero) is 2. The number of rotatable bonds is 8. The lowest BCUT2D eigenvalue weighted by Crippen LogP contribution is -2.49. The van der Waals surface area contributed by atoms with E-state index in [1.54, 1.807) is 49.4 Å². The number of hydrogen-bond acceptors (Lipinski definition) is 7. The highest BCUT2D eigenvalue weighted by Crippen LogP contribution is 2.40. The number of ether oxygens (including phenoxy) is 1. The molecule has 11 heteroatoms. The van der Waals surface area contributed by atoms with E-state index in [0.717, 1.165) is 75.6 Å². The first-order valence-corrected chi connectivity index (χ1v) is 23.1. The molecule has 340 valence electrons. The van der Waals surface area contributed by atoms with Gasteiger partial charge in [-0.3, -0.25) is 9.59 Å². The highest BCUT2D eigenvalue weighted by atomic mass is 19.1. The largest absolute Gasteiger partial charge is 0.378 e. The third-order valence-corrected chi connectivity index (χ3v) is 13.1. The first-order valence-electron chi connectivity index (χ1n) is 23.1. The van der Waals surface area contributed by atoms with Crippen molar-refractivity contribution in [3.05, 3.63) is 141 Å². The van der Waals surface area contributed by atoms with Gasteiger partial charge in [0.1, 0.15) is 23.0 Å². The molecule has 9 nitrogen and oxygen atoms in total. The molecule has 3 aliphatic rings. The van der Waals surface area contributed by atoms with E-state index in [4.69, 9.17) is 9.72 Å². The second kappa shape index (κ2) is 20.0. The lowest BCUT2D eigenvalue weighted by atomic mass is 9.86. The number of urea groups is 1. The molecule has 6 aromatic rings. The number of aryl methyl sites for hydroxylation is 4. The molecule has 66 heavy (non-hydrogen) atoms. The second-order valence-electron chi connectivity index (χ2n) is 17.3. The van der Waals surface area contributed by atoms with Crippen molar-refractivity contribution in [1.29, 1.82) is 0 Å². The van der Waals surface area contributed by atoms with Crippen LogP contribution in [0.4, 0.5) is 13.6 Å². The molecule has 9 rings (SSSR count). The number of fused-ring (bicyclic) bond motifs is 2. The maximum absolute atomic E-state index is 15.0. The van der Waals surface area contributed by atoms with Gasteiger partial charge in [0.15, 0.2) is 11.6 Å². The molecular formula is C55H57F2N5O4. The molecule has 1 N–H and O–H groups in total. The number of halogens is 2. The molecule has 4 aromatic carbocycles. The Morgan fingerprint density at radius 3 is 1.58 bits per heavy atom. The predicted molar refractivity (Wildman–Crippen MR) is 260 cm³/mol. The van der Waals surface area contributed by atoms with E-state index < -0.39 is 0 Å². The number of hydrogen-bond donors (Lipinski definition) is 1. The van der Waals surface area contributed by atoms with Crippen LogP contribution in [0.15, 0.2) is 84.9 Å². The van der Waals surface area contributed by atoms with Gasteiger partial charge in [0, 0.05) is 67.5 Å². The zero-order valence-corrected chi connectivity index (χ0v) is 38.7. The number of ketones is 2. The molecule has 5 heterocycles. The van der Waals surface area contributed by atoms with Gasteiger partial charge < -0.3 is 19.9 Å². The van der Waals surface area contributed by atoms with E-state index >= 15 is 0 Å². The van der Waals surface area contributed by atoms with Crippen LogP contribution in [0.25, 0.3) is 55.2 Å². The summed E-state index contributed by atoms with van der Waals surface area (Å²) in [6.07, 6.45) is 6.76. The van der Waals surface area contributed by atoms with Crippen molar-refractivity contribution in [2.75, 3.05) is 52.5 Å². The van der Waals surface area contributed by atoms with E-state index in [1.165, 1.54) is 28.8 Å². The van der Waals surface area contributed by atoms with Crippen molar-refractivity contribution >= 4 is 50.5 Å². The molecular weight excluding hydrogens is 833 g/mol. The Labute approximate surface area is 385 Å².